The normalized spacial score (nSPS) is 14.8. The molecule has 0 aliphatic rings. The average molecular weight is 385 g/mol. The van der Waals surface area contributed by atoms with Gasteiger partial charge in [-0.15, -0.1) is 11.8 Å². The van der Waals surface area contributed by atoms with Crippen molar-refractivity contribution in [2.75, 3.05) is 18.8 Å². The Bertz CT molecular complexity index is 538. The monoisotopic (exact) mass is 384 g/mol. The molecule has 3 atom stereocenters. The SMILES string of the molecule is CCN(CC)C(SCc1ccccc1)C(NC(=O)C(C)CS)C(=O)O. The summed E-state index contributed by atoms with van der Waals surface area (Å²) < 4.78 is 0. The van der Waals surface area contributed by atoms with Crippen molar-refractivity contribution in [2.45, 2.75) is 37.9 Å². The van der Waals surface area contributed by atoms with Crippen LogP contribution in [0.3, 0.4) is 0 Å². The van der Waals surface area contributed by atoms with E-state index in [1.807, 2.05) is 44.2 Å². The lowest BCUT2D eigenvalue weighted by atomic mass is 10.1. The Morgan fingerprint density at radius 1 is 1.24 bits per heavy atom. The van der Waals surface area contributed by atoms with Crippen LogP contribution in [0.5, 0.6) is 0 Å². The quantitative estimate of drug-likeness (QED) is 0.404. The summed E-state index contributed by atoms with van der Waals surface area (Å²) in [5.41, 5.74) is 1.13. The average Bonchev–Trinajstić information content (AvgIpc) is 2.63. The highest BCUT2D eigenvalue weighted by atomic mass is 32.2. The molecule has 1 rings (SSSR count). The van der Waals surface area contributed by atoms with E-state index in [0.717, 1.165) is 5.56 Å². The Balaban J connectivity index is 2.95. The summed E-state index contributed by atoms with van der Waals surface area (Å²) in [5.74, 6) is -0.562. The van der Waals surface area contributed by atoms with Crippen molar-refractivity contribution in [3.63, 3.8) is 0 Å². The van der Waals surface area contributed by atoms with Crippen molar-refractivity contribution in [3.05, 3.63) is 35.9 Å². The summed E-state index contributed by atoms with van der Waals surface area (Å²) in [6.07, 6.45) is 0. The van der Waals surface area contributed by atoms with E-state index in [1.54, 1.807) is 18.7 Å². The number of nitrogens with zero attached hydrogens (tertiary/aromatic N) is 1. The van der Waals surface area contributed by atoms with Crippen molar-refractivity contribution in [1.29, 1.82) is 0 Å². The first kappa shape index (κ1) is 21.9. The molecular weight excluding hydrogens is 356 g/mol. The molecule has 0 heterocycles. The Morgan fingerprint density at radius 3 is 2.32 bits per heavy atom. The van der Waals surface area contributed by atoms with Crippen LogP contribution in [0.1, 0.15) is 26.3 Å². The van der Waals surface area contributed by atoms with Gasteiger partial charge in [-0.3, -0.25) is 9.69 Å². The van der Waals surface area contributed by atoms with E-state index < -0.39 is 12.0 Å². The van der Waals surface area contributed by atoms with Crippen LogP contribution in [-0.2, 0) is 15.3 Å². The van der Waals surface area contributed by atoms with Crippen LogP contribution >= 0.6 is 24.4 Å². The second kappa shape index (κ2) is 11.4. The van der Waals surface area contributed by atoms with Gasteiger partial charge in [-0.25, -0.2) is 4.79 Å². The molecular formula is C18H28N2O3S2. The van der Waals surface area contributed by atoms with Crippen LogP contribution in [-0.4, -0.2) is 52.1 Å². The zero-order chi connectivity index (χ0) is 18.8. The third-order valence-corrected chi connectivity index (χ3v) is 5.97. The van der Waals surface area contributed by atoms with Crippen LogP contribution < -0.4 is 5.32 Å². The molecule has 0 saturated carbocycles. The number of benzene rings is 1. The number of aliphatic carboxylic acids is 1. The maximum atomic E-state index is 12.2. The van der Waals surface area contributed by atoms with Gasteiger partial charge >= 0.3 is 5.97 Å². The van der Waals surface area contributed by atoms with E-state index in [-0.39, 0.29) is 17.2 Å². The van der Waals surface area contributed by atoms with Crippen molar-refractivity contribution >= 4 is 36.3 Å². The van der Waals surface area contributed by atoms with E-state index in [1.165, 1.54) is 0 Å². The molecule has 7 heteroatoms. The first-order chi connectivity index (χ1) is 11.9. The van der Waals surface area contributed by atoms with Gasteiger partial charge in [0, 0.05) is 17.4 Å². The number of thiol groups is 1. The highest BCUT2D eigenvalue weighted by molar-refractivity contribution is 7.99. The first-order valence-corrected chi connectivity index (χ1v) is 10.2. The number of likely N-dealkylation sites (N-methyl/N-ethyl adjacent to an activating group) is 1. The van der Waals surface area contributed by atoms with Crippen molar-refractivity contribution < 1.29 is 14.7 Å². The summed E-state index contributed by atoms with van der Waals surface area (Å²) in [6.45, 7) is 7.16. The smallest absolute Gasteiger partial charge is 0.328 e. The minimum absolute atomic E-state index is 0.278. The van der Waals surface area contributed by atoms with Gasteiger partial charge in [-0.05, 0) is 18.7 Å². The summed E-state index contributed by atoms with van der Waals surface area (Å²) in [4.78, 5) is 26.1. The maximum absolute atomic E-state index is 12.2. The second-order valence-corrected chi connectivity index (χ2v) is 7.29. The second-order valence-electron chi connectivity index (χ2n) is 5.82. The minimum Gasteiger partial charge on any atom is -0.480 e. The predicted molar refractivity (Wildman–Crippen MR) is 107 cm³/mol. The molecule has 1 amide bonds. The predicted octanol–water partition coefficient (Wildman–Crippen LogP) is 2.72. The molecule has 0 radical (unpaired) electrons. The van der Waals surface area contributed by atoms with E-state index in [2.05, 4.69) is 22.8 Å². The molecule has 0 aromatic heterocycles. The lowest BCUT2D eigenvalue weighted by Gasteiger charge is -2.34. The fraction of sp³-hybridized carbons (Fsp3) is 0.556. The van der Waals surface area contributed by atoms with E-state index in [0.29, 0.717) is 24.6 Å². The third kappa shape index (κ3) is 6.92. The molecule has 0 aliphatic heterocycles. The minimum atomic E-state index is -1.02. The maximum Gasteiger partial charge on any atom is 0.328 e. The molecule has 0 aliphatic carbocycles. The number of thioether (sulfide) groups is 1. The summed E-state index contributed by atoms with van der Waals surface area (Å²) in [5, 5.41) is 12.1. The molecule has 1 aromatic carbocycles. The number of carbonyl (C=O) groups is 2. The highest BCUT2D eigenvalue weighted by Gasteiger charge is 2.34. The Labute approximate surface area is 160 Å². The van der Waals surface area contributed by atoms with Crippen LogP contribution in [0, 0.1) is 5.92 Å². The van der Waals surface area contributed by atoms with Crippen LogP contribution in [0.15, 0.2) is 30.3 Å². The molecule has 25 heavy (non-hydrogen) atoms. The van der Waals surface area contributed by atoms with Gasteiger partial charge in [0.15, 0.2) is 6.04 Å². The molecule has 0 saturated heterocycles. The topological polar surface area (TPSA) is 69.6 Å². The number of hydrogen-bond acceptors (Lipinski definition) is 5. The number of carboxylic acids is 1. The summed E-state index contributed by atoms with van der Waals surface area (Å²) in [6, 6.07) is 8.95. The molecule has 0 spiro atoms. The molecule has 1 aromatic rings. The first-order valence-electron chi connectivity index (χ1n) is 8.48. The van der Waals surface area contributed by atoms with Gasteiger partial charge < -0.3 is 10.4 Å². The van der Waals surface area contributed by atoms with Gasteiger partial charge in [0.05, 0.1) is 5.37 Å². The van der Waals surface area contributed by atoms with Crippen molar-refractivity contribution in [1.82, 2.24) is 10.2 Å². The number of carboxylic acid groups (broad SMARTS) is 1. The fourth-order valence-corrected chi connectivity index (χ4v) is 3.99. The van der Waals surface area contributed by atoms with Gasteiger partial charge in [-0.2, -0.15) is 12.6 Å². The van der Waals surface area contributed by atoms with Gasteiger partial charge in [0.25, 0.3) is 0 Å². The summed E-state index contributed by atoms with van der Waals surface area (Å²) >= 11 is 5.66. The Kier molecular flexibility index (Phi) is 10.0. The van der Waals surface area contributed by atoms with E-state index in [9.17, 15) is 14.7 Å². The molecule has 0 fully saturated rings. The van der Waals surface area contributed by atoms with Gasteiger partial charge in [-0.1, -0.05) is 51.1 Å². The molecule has 5 nitrogen and oxygen atoms in total. The zero-order valence-electron chi connectivity index (χ0n) is 15.0. The number of hydrogen-bond donors (Lipinski definition) is 3. The van der Waals surface area contributed by atoms with Crippen LogP contribution in [0.4, 0.5) is 0 Å². The van der Waals surface area contributed by atoms with Gasteiger partial charge in [0.1, 0.15) is 0 Å². The Morgan fingerprint density at radius 2 is 1.84 bits per heavy atom. The number of carbonyl (C=O) groups excluding carboxylic acids is 1. The largest absolute Gasteiger partial charge is 0.480 e. The zero-order valence-corrected chi connectivity index (χ0v) is 16.7. The van der Waals surface area contributed by atoms with Crippen molar-refractivity contribution in [2.24, 2.45) is 5.92 Å². The van der Waals surface area contributed by atoms with Gasteiger partial charge in [0.2, 0.25) is 5.91 Å². The number of amides is 1. The number of rotatable bonds is 11. The molecule has 0 bridgehead atoms. The number of nitrogens with one attached hydrogen (secondary N) is 1. The third-order valence-electron chi connectivity index (χ3n) is 4.01. The van der Waals surface area contributed by atoms with Crippen LogP contribution in [0.25, 0.3) is 0 Å². The highest BCUT2D eigenvalue weighted by Crippen LogP contribution is 2.24. The Hall–Kier alpha value is -1.18. The van der Waals surface area contributed by atoms with E-state index in [4.69, 9.17) is 0 Å². The fourth-order valence-electron chi connectivity index (χ4n) is 2.39. The lowest BCUT2D eigenvalue weighted by molar-refractivity contribution is -0.143. The standard InChI is InChI=1S/C18H28N2O3S2/c1-4-20(5-2)17(25-12-14-9-7-6-8-10-14)15(18(22)23)19-16(21)13(3)11-24/h6-10,13,15,17,24H,4-5,11-12H2,1-3H3,(H,19,21)(H,22,23). The molecule has 3 unspecified atom stereocenters. The molecule has 2 N–H and O–H groups in total. The van der Waals surface area contributed by atoms with E-state index >= 15 is 0 Å². The van der Waals surface area contributed by atoms with Crippen molar-refractivity contribution in [3.8, 4) is 0 Å². The molecule has 140 valence electrons. The summed E-state index contributed by atoms with van der Waals surface area (Å²) in [7, 11) is 0. The lowest BCUT2D eigenvalue weighted by Crippen LogP contribution is -2.55. The van der Waals surface area contributed by atoms with Crippen LogP contribution in [0.2, 0.25) is 0 Å².